The van der Waals surface area contributed by atoms with E-state index < -0.39 is 0 Å². The standard InChI is InChI=1S/C26H21BN2O6/c1-17-3-5-21(15-25(17)28(30)31)19-7-11-23(12-8-19)34-27-35-24-13-9-20(10-14-24)22-6-4-18(2)26(16-22)29(32)33/h3-16,27H,1-2H3. The SMILES string of the molecule is Cc1ccc(-c2ccc(OBOc3ccc(-c4ccc(C)c([N+](=O)[O-])c4)cc3)cc2)cc1[N+](=O)[O-]. The quantitative estimate of drug-likeness (QED) is 0.174. The summed E-state index contributed by atoms with van der Waals surface area (Å²) in [5.41, 5.74) is 4.59. The molecule has 0 aliphatic carbocycles. The third-order valence-corrected chi connectivity index (χ3v) is 5.64. The van der Waals surface area contributed by atoms with Gasteiger partial charge in [-0.05, 0) is 60.4 Å². The van der Waals surface area contributed by atoms with E-state index in [1.165, 1.54) is 0 Å². The van der Waals surface area contributed by atoms with E-state index in [9.17, 15) is 20.2 Å². The number of hydrogen-bond donors (Lipinski definition) is 0. The van der Waals surface area contributed by atoms with Crippen LogP contribution in [0.25, 0.3) is 22.3 Å². The second-order valence-corrected chi connectivity index (χ2v) is 7.97. The first-order chi connectivity index (χ1) is 16.8. The van der Waals surface area contributed by atoms with Crippen molar-refractivity contribution in [3.8, 4) is 33.8 Å². The highest BCUT2D eigenvalue weighted by molar-refractivity contribution is 6.20. The van der Waals surface area contributed by atoms with Gasteiger partial charge in [0.2, 0.25) is 0 Å². The van der Waals surface area contributed by atoms with Gasteiger partial charge in [0.15, 0.2) is 0 Å². The van der Waals surface area contributed by atoms with E-state index >= 15 is 0 Å². The Morgan fingerprint density at radius 1 is 0.571 bits per heavy atom. The summed E-state index contributed by atoms with van der Waals surface area (Å²) in [5.74, 6) is 1.19. The van der Waals surface area contributed by atoms with Crippen LogP contribution in [0.1, 0.15) is 11.1 Å². The van der Waals surface area contributed by atoms with Gasteiger partial charge in [-0.2, -0.15) is 0 Å². The normalized spacial score (nSPS) is 10.5. The Morgan fingerprint density at radius 3 is 1.26 bits per heavy atom. The molecule has 0 bridgehead atoms. The fourth-order valence-corrected chi connectivity index (χ4v) is 3.62. The highest BCUT2D eigenvalue weighted by Gasteiger charge is 2.13. The van der Waals surface area contributed by atoms with Gasteiger partial charge in [0.25, 0.3) is 11.4 Å². The highest BCUT2D eigenvalue weighted by atomic mass is 16.6. The van der Waals surface area contributed by atoms with Crippen molar-refractivity contribution in [2.24, 2.45) is 0 Å². The Morgan fingerprint density at radius 2 is 0.914 bits per heavy atom. The minimum atomic E-state index is -0.384. The lowest BCUT2D eigenvalue weighted by atomic mass is 10.0. The molecule has 0 radical (unpaired) electrons. The van der Waals surface area contributed by atoms with Gasteiger partial charge in [-0.15, -0.1) is 0 Å². The zero-order valence-electron chi connectivity index (χ0n) is 19.1. The summed E-state index contributed by atoms with van der Waals surface area (Å²) in [6, 6.07) is 24.7. The van der Waals surface area contributed by atoms with E-state index in [1.807, 2.05) is 36.4 Å². The molecule has 35 heavy (non-hydrogen) atoms. The largest absolute Gasteiger partial charge is 0.576 e. The maximum absolute atomic E-state index is 11.2. The summed E-state index contributed by atoms with van der Waals surface area (Å²) < 4.78 is 11.3. The first-order valence-corrected chi connectivity index (χ1v) is 10.8. The summed E-state index contributed by atoms with van der Waals surface area (Å²) in [7, 11) is -0.00923. The molecule has 0 aliphatic rings. The molecule has 174 valence electrons. The summed E-state index contributed by atoms with van der Waals surface area (Å²) in [4.78, 5) is 21.6. The molecule has 8 nitrogen and oxygen atoms in total. The molecule has 0 saturated carbocycles. The molecule has 0 amide bonds. The molecule has 0 unspecified atom stereocenters. The van der Waals surface area contributed by atoms with Crippen LogP contribution in [0.4, 0.5) is 11.4 Å². The van der Waals surface area contributed by atoms with Crippen LogP contribution in [0, 0.1) is 34.1 Å². The van der Waals surface area contributed by atoms with Crippen molar-refractivity contribution < 1.29 is 19.2 Å². The Labute approximate surface area is 202 Å². The van der Waals surface area contributed by atoms with Crippen LogP contribution in [0.15, 0.2) is 84.9 Å². The number of hydrogen-bond acceptors (Lipinski definition) is 6. The van der Waals surface area contributed by atoms with E-state index in [1.54, 1.807) is 62.4 Å². The average Bonchev–Trinajstić information content (AvgIpc) is 2.85. The third-order valence-electron chi connectivity index (χ3n) is 5.64. The molecular weight excluding hydrogens is 447 g/mol. The lowest BCUT2D eigenvalue weighted by Gasteiger charge is -2.10. The van der Waals surface area contributed by atoms with Crippen LogP contribution < -0.4 is 9.31 Å². The third kappa shape index (κ3) is 5.47. The minimum absolute atomic E-state index is 0.00923. The molecule has 0 aromatic heterocycles. The topological polar surface area (TPSA) is 105 Å². The van der Waals surface area contributed by atoms with Crippen molar-refractivity contribution in [3.05, 3.63) is 116 Å². The molecule has 0 aliphatic heterocycles. The minimum Gasteiger partial charge on any atom is -0.529 e. The smallest absolute Gasteiger partial charge is 0.529 e. The number of aryl methyl sites for hydroxylation is 2. The predicted octanol–water partition coefficient (Wildman–Crippen LogP) is 6.18. The van der Waals surface area contributed by atoms with Gasteiger partial charge in [-0.25, -0.2) is 0 Å². The molecule has 0 heterocycles. The van der Waals surface area contributed by atoms with Gasteiger partial charge >= 0.3 is 7.69 Å². The maximum Gasteiger partial charge on any atom is 0.576 e. The summed E-state index contributed by atoms with van der Waals surface area (Å²) in [6.07, 6.45) is 0. The Kier molecular flexibility index (Phi) is 6.77. The predicted molar refractivity (Wildman–Crippen MR) is 135 cm³/mol. The summed E-state index contributed by atoms with van der Waals surface area (Å²) in [6.45, 7) is 3.42. The summed E-state index contributed by atoms with van der Waals surface area (Å²) >= 11 is 0. The van der Waals surface area contributed by atoms with E-state index in [2.05, 4.69) is 0 Å². The van der Waals surface area contributed by atoms with Crippen LogP contribution in [0.3, 0.4) is 0 Å². The Balaban J connectivity index is 1.36. The number of nitrogens with zero attached hydrogens (tertiary/aromatic N) is 2. The van der Waals surface area contributed by atoms with E-state index in [4.69, 9.17) is 9.31 Å². The fourth-order valence-electron chi connectivity index (χ4n) is 3.62. The van der Waals surface area contributed by atoms with Crippen molar-refractivity contribution in [3.63, 3.8) is 0 Å². The molecule has 0 spiro atoms. The van der Waals surface area contributed by atoms with Crippen LogP contribution in [0.5, 0.6) is 11.5 Å². The fraction of sp³-hybridized carbons (Fsp3) is 0.0769. The lowest BCUT2D eigenvalue weighted by Crippen LogP contribution is -2.10. The van der Waals surface area contributed by atoms with Gasteiger partial charge in [-0.3, -0.25) is 20.2 Å². The second-order valence-electron chi connectivity index (χ2n) is 7.97. The monoisotopic (exact) mass is 468 g/mol. The van der Waals surface area contributed by atoms with Gasteiger partial charge in [0, 0.05) is 23.3 Å². The van der Waals surface area contributed by atoms with Gasteiger partial charge in [-0.1, -0.05) is 48.5 Å². The highest BCUT2D eigenvalue weighted by Crippen LogP contribution is 2.29. The van der Waals surface area contributed by atoms with Crippen LogP contribution in [-0.4, -0.2) is 17.5 Å². The first kappa shape index (κ1) is 23.5. The van der Waals surface area contributed by atoms with E-state index in [0.717, 1.165) is 22.3 Å². The number of rotatable bonds is 8. The Hall–Kier alpha value is -4.66. The van der Waals surface area contributed by atoms with E-state index in [-0.39, 0.29) is 28.9 Å². The molecule has 4 rings (SSSR count). The van der Waals surface area contributed by atoms with Crippen LogP contribution in [-0.2, 0) is 0 Å². The second kappa shape index (κ2) is 10.1. The molecule has 0 atom stereocenters. The van der Waals surface area contributed by atoms with Crippen molar-refractivity contribution in [2.45, 2.75) is 13.8 Å². The zero-order chi connectivity index (χ0) is 24.9. The van der Waals surface area contributed by atoms with Crippen molar-refractivity contribution >= 4 is 19.1 Å². The maximum atomic E-state index is 11.2. The molecule has 0 saturated heterocycles. The molecule has 0 N–H and O–H groups in total. The van der Waals surface area contributed by atoms with Crippen molar-refractivity contribution in [1.82, 2.24) is 0 Å². The number of benzene rings is 4. The zero-order valence-corrected chi connectivity index (χ0v) is 19.1. The molecule has 4 aromatic rings. The van der Waals surface area contributed by atoms with Gasteiger partial charge in [0.05, 0.1) is 9.85 Å². The van der Waals surface area contributed by atoms with Crippen molar-refractivity contribution in [2.75, 3.05) is 0 Å². The summed E-state index contributed by atoms with van der Waals surface area (Å²) in [5, 5.41) is 22.4. The van der Waals surface area contributed by atoms with Crippen LogP contribution in [0.2, 0.25) is 0 Å². The molecular formula is C26H21BN2O6. The molecule has 4 aromatic carbocycles. The number of nitro benzene ring substituents is 2. The van der Waals surface area contributed by atoms with Crippen LogP contribution >= 0.6 is 0 Å². The molecule has 9 heteroatoms. The first-order valence-electron chi connectivity index (χ1n) is 10.8. The van der Waals surface area contributed by atoms with Gasteiger partial charge < -0.3 is 9.31 Å². The number of nitro groups is 2. The lowest BCUT2D eigenvalue weighted by molar-refractivity contribution is -0.385. The van der Waals surface area contributed by atoms with Gasteiger partial charge in [0.1, 0.15) is 11.5 Å². The Bertz CT molecular complexity index is 1280. The average molecular weight is 468 g/mol. The molecule has 0 fully saturated rings. The van der Waals surface area contributed by atoms with E-state index in [0.29, 0.717) is 22.6 Å². The van der Waals surface area contributed by atoms with Crippen molar-refractivity contribution in [1.29, 1.82) is 0 Å².